The first-order chi connectivity index (χ1) is 15.1. The molecule has 5 heteroatoms. The number of benzene rings is 2. The van der Waals surface area contributed by atoms with Crippen LogP contribution in [0.2, 0.25) is 0 Å². The van der Waals surface area contributed by atoms with E-state index in [2.05, 4.69) is 22.8 Å². The van der Waals surface area contributed by atoms with Crippen molar-refractivity contribution in [3.8, 4) is 0 Å². The standard InChI is InChI=1S/C26H32N2O3/c1-2-31-25(30)28-23(20-6-4-3-5-7-20)18-24(29)27-22-10-8-21(9-11-22)26-15-12-19(13-16-26)14-17-26/h3-11,19,23H,2,12-18H2,1H3,(H,27,29)(H,28,30). The van der Waals surface area contributed by atoms with Crippen molar-refractivity contribution in [2.24, 2.45) is 5.92 Å². The van der Waals surface area contributed by atoms with E-state index in [4.69, 9.17) is 4.74 Å². The summed E-state index contributed by atoms with van der Waals surface area (Å²) in [4.78, 5) is 24.7. The van der Waals surface area contributed by atoms with Crippen molar-refractivity contribution in [1.29, 1.82) is 0 Å². The molecule has 0 aliphatic heterocycles. The van der Waals surface area contributed by atoms with Crippen molar-refractivity contribution in [1.82, 2.24) is 5.32 Å². The Labute approximate surface area is 184 Å². The Balaban J connectivity index is 1.40. The first-order valence-electron chi connectivity index (χ1n) is 11.5. The highest BCUT2D eigenvalue weighted by atomic mass is 16.5. The molecule has 0 heterocycles. The van der Waals surface area contributed by atoms with Gasteiger partial charge in [-0.3, -0.25) is 4.79 Å². The molecule has 1 atom stereocenters. The summed E-state index contributed by atoms with van der Waals surface area (Å²) in [7, 11) is 0. The molecule has 5 rings (SSSR count). The highest BCUT2D eigenvalue weighted by Crippen LogP contribution is 2.51. The molecule has 0 saturated heterocycles. The Kier molecular flexibility index (Phi) is 6.59. The maximum Gasteiger partial charge on any atom is 0.407 e. The van der Waals surface area contributed by atoms with Crippen LogP contribution in [0.1, 0.15) is 69.0 Å². The van der Waals surface area contributed by atoms with Crippen LogP contribution in [0.4, 0.5) is 10.5 Å². The van der Waals surface area contributed by atoms with Gasteiger partial charge in [-0.05, 0) is 80.0 Å². The average molecular weight is 421 g/mol. The highest BCUT2D eigenvalue weighted by Gasteiger charge is 2.41. The first kappa shape index (κ1) is 21.4. The minimum Gasteiger partial charge on any atom is -0.450 e. The van der Waals surface area contributed by atoms with Crippen molar-refractivity contribution in [2.45, 2.75) is 63.3 Å². The number of alkyl carbamates (subject to hydrolysis) is 1. The normalized spacial score (nSPS) is 23.1. The second-order valence-electron chi connectivity index (χ2n) is 8.92. The Hall–Kier alpha value is -2.82. The van der Waals surface area contributed by atoms with Crippen LogP contribution in [0.25, 0.3) is 0 Å². The molecule has 0 spiro atoms. The van der Waals surface area contributed by atoms with E-state index in [1.54, 1.807) is 6.92 Å². The summed E-state index contributed by atoms with van der Waals surface area (Å²) >= 11 is 0. The fourth-order valence-corrected chi connectivity index (χ4v) is 5.24. The van der Waals surface area contributed by atoms with Crippen LogP contribution in [-0.2, 0) is 14.9 Å². The fourth-order valence-electron chi connectivity index (χ4n) is 5.24. The first-order valence-corrected chi connectivity index (χ1v) is 11.5. The minimum atomic E-state index is -0.519. The number of carbonyl (C=O) groups is 2. The third-order valence-electron chi connectivity index (χ3n) is 7.03. The van der Waals surface area contributed by atoms with Gasteiger partial charge in [0.15, 0.2) is 0 Å². The van der Waals surface area contributed by atoms with Gasteiger partial charge in [0.05, 0.1) is 19.1 Å². The van der Waals surface area contributed by atoms with Gasteiger partial charge in [0, 0.05) is 5.69 Å². The van der Waals surface area contributed by atoms with Gasteiger partial charge >= 0.3 is 6.09 Å². The molecule has 3 fully saturated rings. The molecule has 1 unspecified atom stereocenters. The average Bonchev–Trinajstić information content (AvgIpc) is 2.81. The molecule has 3 aliphatic carbocycles. The van der Waals surface area contributed by atoms with E-state index >= 15 is 0 Å². The summed E-state index contributed by atoms with van der Waals surface area (Å²) in [6.45, 7) is 2.04. The zero-order chi connectivity index (χ0) is 21.7. The predicted octanol–water partition coefficient (Wildman–Crippen LogP) is 5.72. The molecule has 31 heavy (non-hydrogen) atoms. The number of nitrogens with one attached hydrogen (secondary N) is 2. The van der Waals surface area contributed by atoms with Crippen molar-refractivity contribution >= 4 is 17.7 Å². The van der Waals surface area contributed by atoms with E-state index in [-0.39, 0.29) is 18.9 Å². The monoisotopic (exact) mass is 420 g/mol. The summed E-state index contributed by atoms with van der Waals surface area (Å²) in [6, 6.07) is 17.4. The molecule has 2 amide bonds. The molecule has 2 aromatic rings. The number of ether oxygens (including phenoxy) is 1. The Morgan fingerprint density at radius 1 is 1.00 bits per heavy atom. The van der Waals surface area contributed by atoms with Crippen molar-refractivity contribution in [2.75, 3.05) is 11.9 Å². The quantitative estimate of drug-likeness (QED) is 0.601. The van der Waals surface area contributed by atoms with Crippen molar-refractivity contribution < 1.29 is 14.3 Å². The molecule has 3 aliphatic rings. The Morgan fingerprint density at radius 3 is 2.26 bits per heavy atom. The lowest BCUT2D eigenvalue weighted by Crippen LogP contribution is -2.37. The van der Waals surface area contributed by atoms with E-state index < -0.39 is 12.1 Å². The molecule has 0 radical (unpaired) electrons. The van der Waals surface area contributed by atoms with E-state index in [1.807, 2.05) is 42.5 Å². The van der Waals surface area contributed by atoms with Crippen LogP contribution >= 0.6 is 0 Å². The maximum atomic E-state index is 12.7. The molecule has 5 nitrogen and oxygen atoms in total. The number of amides is 2. The van der Waals surface area contributed by atoms with Gasteiger partial charge < -0.3 is 15.4 Å². The van der Waals surface area contributed by atoms with Crippen LogP contribution in [-0.4, -0.2) is 18.6 Å². The zero-order valence-electron chi connectivity index (χ0n) is 18.2. The van der Waals surface area contributed by atoms with Gasteiger partial charge in [-0.25, -0.2) is 4.79 Å². The largest absolute Gasteiger partial charge is 0.450 e. The van der Waals surface area contributed by atoms with E-state index in [1.165, 1.54) is 44.1 Å². The van der Waals surface area contributed by atoms with Crippen molar-refractivity contribution in [3.05, 3.63) is 65.7 Å². The maximum absolute atomic E-state index is 12.7. The second-order valence-corrected chi connectivity index (χ2v) is 8.92. The molecular weight excluding hydrogens is 388 g/mol. The zero-order valence-corrected chi connectivity index (χ0v) is 18.2. The summed E-state index contributed by atoms with van der Waals surface area (Å²) < 4.78 is 5.01. The van der Waals surface area contributed by atoms with Gasteiger partial charge in [-0.2, -0.15) is 0 Å². The topological polar surface area (TPSA) is 67.4 Å². The van der Waals surface area contributed by atoms with Gasteiger partial charge in [0.1, 0.15) is 0 Å². The molecule has 164 valence electrons. The number of rotatable bonds is 7. The third-order valence-corrected chi connectivity index (χ3v) is 7.03. The smallest absolute Gasteiger partial charge is 0.407 e. The predicted molar refractivity (Wildman–Crippen MR) is 122 cm³/mol. The summed E-state index contributed by atoms with van der Waals surface area (Å²) in [5.74, 6) is 0.802. The Morgan fingerprint density at radius 2 is 1.65 bits per heavy atom. The van der Waals surface area contributed by atoms with Gasteiger partial charge in [-0.15, -0.1) is 0 Å². The van der Waals surface area contributed by atoms with Gasteiger partial charge in [0.25, 0.3) is 0 Å². The number of hydrogen-bond donors (Lipinski definition) is 2. The molecule has 2 N–H and O–H groups in total. The molecule has 3 saturated carbocycles. The third kappa shape index (κ3) is 5.09. The molecule has 2 aromatic carbocycles. The van der Waals surface area contributed by atoms with E-state index in [0.717, 1.165) is 17.2 Å². The lowest BCUT2D eigenvalue weighted by Gasteiger charge is -2.47. The van der Waals surface area contributed by atoms with Gasteiger partial charge in [0.2, 0.25) is 5.91 Å². The lowest BCUT2D eigenvalue weighted by atomic mass is 9.58. The fraction of sp³-hybridized carbons (Fsp3) is 0.462. The SMILES string of the molecule is CCOC(=O)NC(CC(=O)Nc1ccc(C23CCC(CC2)CC3)cc1)c1ccccc1. The summed E-state index contributed by atoms with van der Waals surface area (Å²) in [5.41, 5.74) is 3.42. The lowest BCUT2D eigenvalue weighted by molar-refractivity contribution is -0.116. The van der Waals surface area contributed by atoms with Crippen LogP contribution in [0.3, 0.4) is 0 Å². The van der Waals surface area contributed by atoms with Crippen molar-refractivity contribution in [3.63, 3.8) is 0 Å². The highest BCUT2D eigenvalue weighted by molar-refractivity contribution is 5.91. The molecule has 2 bridgehead atoms. The van der Waals surface area contributed by atoms with Crippen LogP contribution < -0.4 is 10.6 Å². The number of hydrogen-bond acceptors (Lipinski definition) is 3. The molecular formula is C26H32N2O3. The van der Waals surface area contributed by atoms with Crippen LogP contribution in [0.15, 0.2) is 54.6 Å². The summed E-state index contributed by atoms with van der Waals surface area (Å²) in [5, 5.41) is 5.78. The molecule has 0 aromatic heterocycles. The number of fused-ring (bicyclic) bond motifs is 3. The van der Waals surface area contributed by atoms with E-state index in [9.17, 15) is 9.59 Å². The minimum absolute atomic E-state index is 0.135. The van der Waals surface area contributed by atoms with Crippen LogP contribution in [0.5, 0.6) is 0 Å². The number of anilines is 1. The van der Waals surface area contributed by atoms with Gasteiger partial charge in [-0.1, -0.05) is 42.5 Å². The van der Waals surface area contributed by atoms with Crippen LogP contribution in [0, 0.1) is 5.92 Å². The summed E-state index contributed by atoms with van der Waals surface area (Å²) in [6.07, 6.45) is 7.56. The second kappa shape index (κ2) is 9.54. The number of carbonyl (C=O) groups excluding carboxylic acids is 2. The van der Waals surface area contributed by atoms with E-state index in [0.29, 0.717) is 5.41 Å². The Bertz CT molecular complexity index is 873.